The number of rotatable bonds is 4. The minimum Gasteiger partial charge on any atom is -0.246 e. The average molecular weight is 513 g/mol. The van der Waals surface area contributed by atoms with Crippen LogP contribution in [0.25, 0.3) is 22.5 Å². The summed E-state index contributed by atoms with van der Waals surface area (Å²) in [5, 5.41) is 0. The number of aromatic nitrogens is 2. The molecule has 4 nitrogen and oxygen atoms in total. The maximum atomic E-state index is 5.25. The van der Waals surface area contributed by atoms with Gasteiger partial charge in [-0.25, -0.2) is 20.0 Å². The molecule has 0 N–H and O–H groups in total. The molecule has 0 saturated carbocycles. The molecule has 1 aliphatic rings. The molecule has 188 valence electrons. The number of aliphatic imine (C=N–C) groups is 2. The number of pyridine rings is 2. The second-order valence-electron chi connectivity index (χ2n) is 9.50. The maximum Gasteiger partial charge on any atom is 0.0987 e. The average Bonchev–Trinajstić information content (AvgIpc) is 3.03. The van der Waals surface area contributed by atoms with E-state index in [1.54, 1.807) is 0 Å². The maximum absolute atomic E-state index is 5.25. The summed E-state index contributed by atoms with van der Waals surface area (Å²) < 4.78 is 0. The number of nitrogens with zero attached hydrogens (tertiary/aromatic N) is 4. The summed E-state index contributed by atoms with van der Waals surface area (Å²) in [5.74, 6) is 0. The molecule has 2 aromatic heterocycles. The highest BCUT2D eigenvalue weighted by molar-refractivity contribution is 6.21. The Balaban J connectivity index is 1.41. The first-order valence-electron chi connectivity index (χ1n) is 13.3. The summed E-state index contributed by atoms with van der Waals surface area (Å²) in [6, 6.07) is 48.8. The summed E-state index contributed by atoms with van der Waals surface area (Å²) in [6.07, 6.45) is 0. The molecule has 1 aliphatic heterocycles. The lowest BCUT2D eigenvalue weighted by Crippen LogP contribution is -2.12. The van der Waals surface area contributed by atoms with Crippen LogP contribution in [0.15, 0.2) is 156 Å². The molecular weight excluding hydrogens is 488 g/mol. The third-order valence-electron chi connectivity index (χ3n) is 6.91. The van der Waals surface area contributed by atoms with Gasteiger partial charge in [0.05, 0.1) is 45.6 Å². The van der Waals surface area contributed by atoms with E-state index in [9.17, 15) is 0 Å². The van der Waals surface area contributed by atoms with Crippen LogP contribution in [0.5, 0.6) is 0 Å². The standard InChI is InChI=1S/C36H24N4/c1-3-13-25(14-4-1)29-21-11-23-33(37-29)35-27-17-7-9-19-31(27)40-36(28-18-8-10-20-32(28)39-35)34-24-12-22-30(38-34)26-15-5-2-6-16-26/h1-24H. The monoisotopic (exact) mass is 512 g/mol. The molecule has 4 aromatic carbocycles. The number of benzene rings is 4. The Morgan fingerprint density at radius 2 is 0.675 bits per heavy atom. The van der Waals surface area contributed by atoms with Crippen LogP contribution >= 0.6 is 0 Å². The first kappa shape index (κ1) is 23.6. The van der Waals surface area contributed by atoms with Gasteiger partial charge in [0.1, 0.15) is 0 Å². The molecule has 40 heavy (non-hydrogen) atoms. The summed E-state index contributed by atoms with van der Waals surface area (Å²) >= 11 is 0. The minimum absolute atomic E-state index is 0.787. The van der Waals surface area contributed by atoms with E-state index in [-0.39, 0.29) is 0 Å². The van der Waals surface area contributed by atoms with Crippen LogP contribution in [-0.4, -0.2) is 21.4 Å². The van der Waals surface area contributed by atoms with Gasteiger partial charge in [-0.3, -0.25) is 0 Å². The van der Waals surface area contributed by atoms with E-state index in [4.69, 9.17) is 20.0 Å². The number of para-hydroxylation sites is 2. The van der Waals surface area contributed by atoms with Gasteiger partial charge < -0.3 is 0 Å². The van der Waals surface area contributed by atoms with E-state index in [0.29, 0.717) is 0 Å². The van der Waals surface area contributed by atoms with Crippen LogP contribution in [0, 0.1) is 0 Å². The van der Waals surface area contributed by atoms with Gasteiger partial charge in [0.15, 0.2) is 0 Å². The Labute approximate surface area is 233 Å². The van der Waals surface area contributed by atoms with E-state index in [2.05, 4.69) is 36.4 Å². The molecule has 0 fully saturated rings. The van der Waals surface area contributed by atoms with Gasteiger partial charge in [0.2, 0.25) is 0 Å². The van der Waals surface area contributed by atoms with Crippen LogP contribution < -0.4 is 0 Å². The lowest BCUT2D eigenvalue weighted by atomic mass is 9.98. The topological polar surface area (TPSA) is 50.5 Å². The van der Waals surface area contributed by atoms with Gasteiger partial charge in [0, 0.05) is 22.3 Å². The van der Waals surface area contributed by atoms with Gasteiger partial charge in [-0.05, 0) is 36.4 Å². The zero-order valence-corrected chi connectivity index (χ0v) is 21.6. The third-order valence-corrected chi connectivity index (χ3v) is 6.91. The summed E-state index contributed by atoms with van der Waals surface area (Å²) in [4.78, 5) is 20.6. The highest BCUT2D eigenvalue weighted by Gasteiger charge is 2.21. The van der Waals surface area contributed by atoms with E-state index < -0.39 is 0 Å². The van der Waals surface area contributed by atoms with Crippen LogP contribution in [0.1, 0.15) is 22.5 Å². The highest BCUT2D eigenvalue weighted by atomic mass is 14.9. The normalized spacial score (nSPS) is 12.3. The zero-order valence-electron chi connectivity index (χ0n) is 21.6. The lowest BCUT2D eigenvalue weighted by Gasteiger charge is -2.18. The van der Waals surface area contributed by atoms with Crippen molar-refractivity contribution in [1.82, 2.24) is 9.97 Å². The molecule has 7 rings (SSSR count). The Morgan fingerprint density at radius 3 is 1.12 bits per heavy atom. The van der Waals surface area contributed by atoms with Crippen LogP contribution in [0.2, 0.25) is 0 Å². The molecule has 4 heteroatoms. The van der Waals surface area contributed by atoms with Crippen molar-refractivity contribution in [3.63, 3.8) is 0 Å². The molecule has 0 unspecified atom stereocenters. The minimum atomic E-state index is 0.787. The van der Waals surface area contributed by atoms with E-state index in [0.717, 1.165) is 67.8 Å². The fourth-order valence-electron chi connectivity index (χ4n) is 4.97. The Bertz CT molecular complexity index is 1750. The lowest BCUT2D eigenvalue weighted by molar-refractivity contribution is 1.26. The van der Waals surface area contributed by atoms with Crippen molar-refractivity contribution in [3.8, 4) is 22.5 Å². The molecule has 6 aromatic rings. The van der Waals surface area contributed by atoms with Crippen molar-refractivity contribution >= 4 is 22.8 Å². The predicted octanol–water partition coefficient (Wildman–Crippen LogP) is 8.46. The van der Waals surface area contributed by atoms with Gasteiger partial charge in [-0.1, -0.05) is 109 Å². The smallest absolute Gasteiger partial charge is 0.0987 e. The molecular formula is C36H24N4. The molecule has 3 heterocycles. The molecule has 0 atom stereocenters. The molecule has 0 aliphatic carbocycles. The van der Waals surface area contributed by atoms with E-state index >= 15 is 0 Å². The van der Waals surface area contributed by atoms with Crippen molar-refractivity contribution in [2.75, 3.05) is 0 Å². The van der Waals surface area contributed by atoms with Gasteiger partial charge in [-0.15, -0.1) is 0 Å². The van der Waals surface area contributed by atoms with Crippen LogP contribution in [0.3, 0.4) is 0 Å². The van der Waals surface area contributed by atoms with Crippen molar-refractivity contribution in [2.24, 2.45) is 9.98 Å². The zero-order chi connectivity index (χ0) is 26.7. The van der Waals surface area contributed by atoms with Crippen molar-refractivity contribution < 1.29 is 0 Å². The quantitative estimate of drug-likeness (QED) is 0.237. The van der Waals surface area contributed by atoms with E-state index in [1.165, 1.54) is 0 Å². The molecule has 0 bridgehead atoms. The van der Waals surface area contributed by atoms with Crippen LogP contribution in [0.4, 0.5) is 11.4 Å². The fraction of sp³-hybridized carbons (Fsp3) is 0. The molecule has 0 spiro atoms. The fourth-order valence-corrected chi connectivity index (χ4v) is 4.97. The van der Waals surface area contributed by atoms with Crippen molar-refractivity contribution in [2.45, 2.75) is 0 Å². The first-order chi connectivity index (χ1) is 19.8. The van der Waals surface area contributed by atoms with Gasteiger partial charge >= 0.3 is 0 Å². The van der Waals surface area contributed by atoms with Crippen LogP contribution in [-0.2, 0) is 0 Å². The van der Waals surface area contributed by atoms with Gasteiger partial charge in [0.25, 0.3) is 0 Å². The largest absolute Gasteiger partial charge is 0.246 e. The van der Waals surface area contributed by atoms with Crippen molar-refractivity contribution in [1.29, 1.82) is 0 Å². The van der Waals surface area contributed by atoms with E-state index in [1.807, 2.05) is 109 Å². The van der Waals surface area contributed by atoms with Gasteiger partial charge in [-0.2, -0.15) is 0 Å². The highest BCUT2D eigenvalue weighted by Crippen LogP contribution is 2.33. The molecule has 0 saturated heterocycles. The van der Waals surface area contributed by atoms with Crippen molar-refractivity contribution in [3.05, 3.63) is 168 Å². The Morgan fingerprint density at radius 1 is 0.300 bits per heavy atom. The number of hydrogen-bond donors (Lipinski definition) is 0. The SMILES string of the molecule is c1ccc(-c2cccc(C3=Nc4ccccc4C(c4cccc(-c5ccccc5)n4)=Nc4ccccc43)n2)cc1. The second kappa shape index (κ2) is 10.4. The second-order valence-corrected chi connectivity index (χ2v) is 9.50. The Kier molecular flexibility index (Phi) is 6.11. The summed E-state index contributed by atoms with van der Waals surface area (Å²) in [7, 11) is 0. The predicted molar refractivity (Wildman–Crippen MR) is 163 cm³/mol. The molecule has 0 amide bonds. The Hall–Kier alpha value is -5.48. The summed E-state index contributed by atoms with van der Waals surface area (Å²) in [6.45, 7) is 0. The number of hydrogen-bond acceptors (Lipinski definition) is 4. The third kappa shape index (κ3) is 4.52. The number of fused-ring (bicyclic) bond motifs is 2. The first-order valence-corrected chi connectivity index (χ1v) is 13.3. The molecule has 0 radical (unpaired) electrons. The summed E-state index contributed by atoms with van der Waals surface area (Å²) in [5.41, 5.74) is 10.6.